The van der Waals surface area contributed by atoms with Gasteiger partial charge >= 0.3 is 0 Å². The lowest BCUT2D eigenvalue weighted by atomic mass is 9.81. The molecule has 0 amide bonds. The predicted molar refractivity (Wildman–Crippen MR) is 80.7 cm³/mol. The van der Waals surface area contributed by atoms with Gasteiger partial charge in [0.15, 0.2) is 0 Å². The van der Waals surface area contributed by atoms with Crippen molar-refractivity contribution in [2.75, 3.05) is 25.9 Å². The third-order valence-electron chi connectivity index (χ3n) is 4.10. The Balaban J connectivity index is 2.10. The van der Waals surface area contributed by atoms with Crippen molar-refractivity contribution < 1.29 is 8.42 Å². The maximum absolute atomic E-state index is 11.8. The summed E-state index contributed by atoms with van der Waals surface area (Å²) in [5.74, 6) is 1.85. The molecule has 19 heavy (non-hydrogen) atoms. The maximum Gasteiger partial charge on any atom is 0.211 e. The molecule has 1 aliphatic carbocycles. The van der Waals surface area contributed by atoms with Crippen LogP contribution in [0.1, 0.15) is 51.9 Å². The largest absolute Gasteiger partial charge is 0.320 e. The molecule has 1 saturated carbocycles. The van der Waals surface area contributed by atoms with E-state index in [1.165, 1.54) is 25.7 Å². The molecule has 0 unspecified atom stereocenters. The van der Waals surface area contributed by atoms with Gasteiger partial charge in [-0.1, -0.05) is 32.6 Å². The minimum atomic E-state index is -3.05. The summed E-state index contributed by atoms with van der Waals surface area (Å²) < 4.78 is 26.3. The SMILES string of the molecule is CNCCCCS(=O)(=O)NCCC1CCC(C)CC1. The van der Waals surface area contributed by atoms with Crippen LogP contribution in [0.4, 0.5) is 0 Å². The molecule has 0 bridgehead atoms. The third-order valence-corrected chi connectivity index (χ3v) is 5.57. The zero-order chi connectivity index (χ0) is 14.1. The van der Waals surface area contributed by atoms with Crippen molar-refractivity contribution in [1.29, 1.82) is 0 Å². The lowest BCUT2D eigenvalue weighted by Gasteiger charge is -2.26. The van der Waals surface area contributed by atoms with Crippen LogP contribution < -0.4 is 10.0 Å². The molecule has 0 spiro atoms. The summed E-state index contributed by atoms with van der Waals surface area (Å²) in [6, 6.07) is 0. The van der Waals surface area contributed by atoms with Gasteiger partial charge in [-0.2, -0.15) is 0 Å². The summed E-state index contributed by atoms with van der Waals surface area (Å²) in [5, 5.41) is 3.03. The summed E-state index contributed by atoms with van der Waals surface area (Å²) in [5.41, 5.74) is 0. The van der Waals surface area contributed by atoms with E-state index >= 15 is 0 Å². The Hall–Kier alpha value is -0.130. The minimum absolute atomic E-state index is 0.260. The monoisotopic (exact) mass is 290 g/mol. The first-order valence-electron chi connectivity index (χ1n) is 7.65. The highest BCUT2D eigenvalue weighted by atomic mass is 32.2. The maximum atomic E-state index is 11.8. The van der Waals surface area contributed by atoms with Crippen LogP contribution >= 0.6 is 0 Å². The number of rotatable bonds is 9. The van der Waals surface area contributed by atoms with Crippen molar-refractivity contribution in [2.24, 2.45) is 11.8 Å². The van der Waals surface area contributed by atoms with Gasteiger partial charge in [-0.05, 0) is 44.7 Å². The smallest absolute Gasteiger partial charge is 0.211 e. The van der Waals surface area contributed by atoms with Crippen molar-refractivity contribution in [2.45, 2.75) is 51.9 Å². The Morgan fingerprint density at radius 3 is 2.37 bits per heavy atom. The van der Waals surface area contributed by atoms with E-state index in [0.29, 0.717) is 6.54 Å². The Bertz CT molecular complexity index is 322. The molecule has 0 aromatic rings. The second kappa shape index (κ2) is 8.93. The number of hydrogen-bond acceptors (Lipinski definition) is 3. The minimum Gasteiger partial charge on any atom is -0.320 e. The molecule has 1 aliphatic rings. The average Bonchev–Trinajstić information content (AvgIpc) is 2.37. The Labute approximate surface area is 118 Å². The fraction of sp³-hybridized carbons (Fsp3) is 1.00. The highest BCUT2D eigenvalue weighted by molar-refractivity contribution is 7.89. The summed E-state index contributed by atoms with van der Waals surface area (Å²) in [6.07, 6.45) is 7.80. The molecular formula is C14H30N2O2S. The molecular weight excluding hydrogens is 260 g/mol. The first-order valence-corrected chi connectivity index (χ1v) is 9.30. The van der Waals surface area contributed by atoms with E-state index in [2.05, 4.69) is 17.0 Å². The van der Waals surface area contributed by atoms with Gasteiger partial charge in [0.05, 0.1) is 5.75 Å². The van der Waals surface area contributed by atoms with E-state index in [9.17, 15) is 8.42 Å². The first-order chi connectivity index (χ1) is 9.03. The Morgan fingerprint density at radius 2 is 1.74 bits per heavy atom. The lowest BCUT2D eigenvalue weighted by molar-refractivity contribution is 0.278. The summed E-state index contributed by atoms with van der Waals surface area (Å²) in [7, 11) is -1.16. The van der Waals surface area contributed by atoms with Crippen molar-refractivity contribution in [3.8, 4) is 0 Å². The highest BCUT2D eigenvalue weighted by Crippen LogP contribution is 2.29. The topological polar surface area (TPSA) is 58.2 Å². The second-order valence-electron chi connectivity index (χ2n) is 5.94. The van der Waals surface area contributed by atoms with Gasteiger partial charge in [0.25, 0.3) is 0 Å². The normalized spacial score (nSPS) is 24.5. The van der Waals surface area contributed by atoms with Gasteiger partial charge in [-0.3, -0.25) is 0 Å². The molecule has 0 atom stereocenters. The molecule has 2 N–H and O–H groups in total. The second-order valence-corrected chi connectivity index (χ2v) is 7.86. The molecule has 4 nitrogen and oxygen atoms in total. The van der Waals surface area contributed by atoms with Crippen LogP contribution in [-0.4, -0.2) is 34.3 Å². The van der Waals surface area contributed by atoms with E-state index in [0.717, 1.165) is 37.6 Å². The molecule has 0 aromatic carbocycles. The summed E-state index contributed by atoms with van der Waals surface area (Å²) in [6.45, 7) is 3.81. The van der Waals surface area contributed by atoms with Crippen LogP contribution in [-0.2, 0) is 10.0 Å². The third kappa shape index (κ3) is 7.90. The van der Waals surface area contributed by atoms with Gasteiger partial charge in [0, 0.05) is 6.54 Å². The van der Waals surface area contributed by atoms with Crippen LogP contribution in [0.15, 0.2) is 0 Å². The zero-order valence-electron chi connectivity index (χ0n) is 12.5. The summed E-state index contributed by atoms with van der Waals surface area (Å²) >= 11 is 0. The predicted octanol–water partition coefficient (Wildman–Crippen LogP) is 2.12. The summed E-state index contributed by atoms with van der Waals surface area (Å²) in [4.78, 5) is 0. The van der Waals surface area contributed by atoms with Crippen LogP contribution in [0, 0.1) is 11.8 Å². The average molecular weight is 290 g/mol. The van der Waals surface area contributed by atoms with E-state index in [1.54, 1.807) is 0 Å². The van der Waals surface area contributed by atoms with Gasteiger partial charge in [0.2, 0.25) is 10.0 Å². The zero-order valence-corrected chi connectivity index (χ0v) is 13.3. The molecule has 1 fully saturated rings. The Morgan fingerprint density at radius 1 is 1.05 bits per heavy atom. The molecule has 0 radical (unpaired) electrons. The molecule has 0 saturated heterocycles. The van der Waals surface area contributed by atoms with Crippen LogP contribution in [0.2, 0.25) is 0 Å². The van der Waals surface area contributed by atoms with E-state index < -0.39 is 10.0 Å². The van der Waals surface area contributed by atoms with E-state index in [-0.39, 0.29) is 5.75 Å². The van der Waals surface area contributed by atoms with Gasteiger partial charge in [-0.15, -0.1) is 0 Å². The molecule has 5 heteroatoms. The lowest BCUT2D eigenvalue weighted by Crippen LogP contribution is -2.29. The highest BCUT2D eigenvalue weighted by Gasteiger charge is 2.18. The van der Waals surface area contributed by atoms with Crippen molar-refractivity contribution >= 4 is 10.0 Å². The van der Waals surface area contributed by atoms with E-state index in [4.69, 9.17) is 0 Å². The van der Waals surface area contributed by atoms with Crippen molar-refractivity contribution in [3.05, 3.63) is 0 Å². The fourth-order valence-electron chi connectivity index (χ4n) is 2.70. The molecule has 0 heterocycles. The number of sulfonamides is 1. The van der Waals surface area contributed by atoms with Gasteiger partial charge in [-0.25, -0.2) is 13.1 Å². The molecule has 1 rings (SSSR count). The van der Waals surface area contributed by atoms with Crippen molar-refractivity contribution in [3.63, 3.8) is 0 Å². The van der Waals surface area contributed by atoms with Crippen LogP contribution in [0.25, 0.3) is 0 Å². The molecule has 0 aliphatic heterocycles. The standard InChI is InChI=1S/C14H30N2O2S/c1-13-5-7-14(8-6-13)9-11-16-19(17,18)12-4-3-10-15-2/h13-16H,3-12H2,1-2H3. The van der Waals surface area contributed by atoms with Crippen LogP contribution in [0.5, 0.6) is 0 Å². The number of nitrogens with one attached hydrogen (secondary N) is 2. The van der Waals surface area contributed by atoms with Crippen molar-refractivity contribution in [1.82, 2.24) is 10.0 Å². The number of hydrogen-bond donors (Lipinski definition) is 2. The molecule has 114 valence electrons. The van der Waals surface area contributed by atoms with Gasteiger partial charge in [0.1, 0.15) is 0 Å². The quantitative estimate of drug-likeness (QED) is 0.640. The Kier molecular flexibility index (Phi) is 7.95. The number of unbranched alkanes of at least 4 members (excludes halogenated alkanes) is 1. The van der Waals surface area contributed by atoms with Gasteiger partial charge < -0.3 is 5.32 Å². The molecule has 0 aromatic heterocycles. The fourth-order valence-corrected chi connectivity index (χ4v) is 3.86. The van der Waals surface area contributed by atoms with Crippen LogP contribution in [0.3, 0.4) is 0 Å². The van der Waals surface area contributed by atoms with E-state index in [1.807, 2.05) is 7.05 Å². The first kappa shape index (κ1) is 16.9.